The smallest absolute Gasteiger partial charge is 0.252 e. The molecule has 0 aromatic heterocycles. The molecule has 0 N–H and O–H groups in total. The molecule has 0 fully saturated rings. The Morgan fingerprint density at radius 3 is 1.05 bits per heavy atom. The highest BCUT2D eigenvalue weighted by Crippen LogP contribution is 2.55. The lowest BCUT2D eigenvalue weighted by Crippen LogP contribution is -2.65. The number of para-hydroxylation sites is 4. The van der Waals surface area contributed by atoms with Crippen molar-refractivity contribution in [2.75, 3.05) is 29.4 Å². The second-order valence-electron chi connectivity index (χ2n) is 33.3. The van der Waals surface area contributed by atoms with Crippen LogP contribution < -0.4 is 62.2 Å². The SMILES string of the molecule is Cc1cc(C(C)(C)C)ccc1N1c2cc3c4c(c2)N(c2ccccc2)c2cc5c(cc2B4c2ccccc2N3c2cccc(c2)C(C)(C)c2ccc(C)c1c2)B1c2ccccc2N(c2ccccc2)c2cc3cc(c21)N5c1cccc(c1)C(C)(C)c1ccc(C)c(c1)N3c1cc(C(C)(C)C)ccc1C. The first-order chi connectivity index (χ1) is 50.0. The number of hydrogen-bond acceptors (Lipinski definition) is 6. The summed E-state index contributed by atoms with van der Waals surface area (Å²) in [5, 5.41) is 0. The molecule has 0 amide bonds. The highest BCUT2D eigenvalue weighted by atomic mass is 15.2. The van der Waals surface area contributed by atoms with E-state index in [1.807, 2.05) is 0 Å². The van der Waals surface area contributed by atoms with Gasteiger partial charge in [0.15, 0.2) is 0 Å². The first-order valence-corrected chi connectivity index (χ1v) is 37.3. The summed E-state index contributed by atoms with van der Waals surface area (Å²) < 4.78 is 0. The Kier molecular flexibility index (Phi) is 13.9. The molecule has 6 heterocycles. The Morgan fingerprint density at radius 1 is 0.231 bits per heavy atom. The van der Waals surface area contributed by atoms with Crippen molar-refractivity contribution in [3.8, 4) is 0 Å². The highest BCUT2D eigenvalue weighted by molar-refractivity contribution is 7.03. The summed E-state index contributed by atoms with van der Waals surface area (Å²) in [6.07, 6.45) is 0. The molecule has 0 saturated carbocycles. The molecule has 6 aliphatic heterocycles. The fourth-order valence-electron chi connectivity index (χ4n) is 18.3. The number of anilines is 18. The summed E-state index contributed by atoms with van der Waals surface area (Å²) in [6.45, 7) is 32.5. The molecule has 0 unspecified atom stereocenters. The van der Waals surface area contributed by atoms with Crippen LogP contribution in [0, 0.1) is 27.7 Å². The third-order valence-electron chi connectivity index (χ3n) is 24.2. The largest absolute Gasteiger partial charge is 0.311 e. The molecule has 506 valence electrons. The normalized spacial score (nSPS) is 15.2. The predicted molar refractivity (Wildman–Crippen MR) is 444 cm³/mol. The van der Waals surface area contributed by atoms with Crippen molar-refractivity contribution in [2.24, 2.45) is 0 Å². The van der Waals surface area contributed by atoms with Gasteiger partial charge in [0.25, 0.3) is 13.4 Å². The van der Waals surface area contributed by atoms with Crippen LogP contribution in [0.3, 0.4) is 0 Å². The lowest BCUT2D eigenvalue weighted by Gasteiger charge is -2.48. The van der Waals surface area contributed by atoms with Gasteiger partial charge in [0.05, 0.1) is 11.4 Å². The maximum absolute atomic E-state index is 2.69. The van der Waals surface area contributed by atoms with E-state index in [1.54, 1.807) is 0 Å². The monoisotopic (exact) mass is 1340 g/mol. The molecule has 6 aliphatic rings. The Labute approximate surface area is 615 Å². The van der Waals surface area contributed by atoms with Gasteiger partial charge in [0.1, 0.15) is 0 Å². The fourth-order valence-corrected chi connectivity index (χ4v) is 18.3. The topological polar surface area (TPSA) is 19.4 Å². The average molecular weight is 1350 g/mol. The van der Waals surface area contributed by atoms with Gasteiger partial charge in [-0.2, -0.15) is 0 Å². The molecule has 12 bridgehead atoms. The van der Waals surface area contributed by atoms with Crippen molar-refractivity contribution in [2.45, 2.75) is 119 Å². The van der Waals surface area contributed by atoms with E-state index in [4.69, 9.17) is 0 Å². The molecular formula is C96H86B2N6. The van der Waals surface area contributed by atoms with Crippen molar-refractivity contribution < 1.29 is 0 Å². The number of benzene rings is 13. The van der Waals surface area contributed by atoms with Gasteiger partial charge in [0, 0.05) is 102 Å². The van der Waals surface area contributed by atoms with Crippen LogP contribution in [0.15, 0.2) is 267 Å². The Bertz CT molecular complexity index is 5780. The molecule has 0 spiro atoms. The molecule has 13 aromatic carbocycles. The zero-order valence-electron chi connectivity index (χ0n) is 62.2. The quantitative estimate of drug-likeness (QED) is 0.162. The van der Waals surface area contributed by atoms with Crippen LogP contribution in [0.5, 0.6) is 0 Å². The number of nitrogens with zero attached hydrogens (tertiary/aromatic N) is 6. The number of fused-ring (bicyclic) bond motifs is 22. The number of hydrogen-bond donors (Lipinski definition) is 0. The van der Waals surface area contributed by atoms with E-state index in [1.165, 1.54) is 117 Å². The molecular weight excluding hydrogens is 1260 g/mol. The van der Waals surface area contributed by atoms with Gasteiger partial charge in [-0.15, -0.1) is 0 Å². The number of rotatable bonds is 4. The second kappa shape index (κ2) is 22.6. The molecule has 0 atom stereocenters. The average Bonchev–Trinajstić information content (AvgIpc) is 0.683. The first kappa shape index (κ1) is 63.7. The van der Waals surface area contributed by atoms with Gasteiger partial charge < -0.3 is 29.4 Å². The summed E-state index contributed by atoms with van der Waals surface area (Å²) in [7, 11) is 0. The van der Waals surface area contributed by atoms with E-state index in [-0.39, 0.29) is 29.7 Å². The zero-order chi connectivity index (χ0) is 71.4. The molecule has 13 aromatic rings. The third kappa shape index (κ3) is 9.42. The Morgan fingerprint density at radius 2 is 0.587 bits per heavy atom. The van der Waals surface area contributed by atoms with E-state index >= 15 is 0 Å². The van der Waals surface area contributed by atoms with Gasteiger partial charge in [-0.25, -0.2) is 0 Å². The fraction of sp³-hybridized carbons (Fsp3) is 0.188. The molecule has 104 heavy (non-hydrogen) atoms. The van der Waals surface area contributed by atoms with Crippen molar-refractivity contribution in [3.05, 3.63) is 323 Å². The minimum Gasteiger partial charge on any atom is -0.311 e. The summed E-state index contributed by atoms with van der Waals surface area (Å²) in [5.41, 5.74) is 39.9. The minimum absolute atomic E-state index is 0.0401. The van der Waals surface area contributed by atoms with Crippen LogP contribution in [0.4, 0.5) is 102 Å². The third-order valence-corrected chi connectivity index (χ3v) is 24.2. The standard InChI is InChI=1S/C96H86B2N6/c1-59-39-42-64(94(8,9)10)50-82(59)104-74-55-87-91-90(56-74)102(72-34-26-28-66(49-72)96(13,14)68-44-41-61(3)84(104)52-68)86-58-85-77(57-78(86)97(91)75-35-21-23-37-80(75)99(87)69-29-17-15-18-30-69)98-76-36-22-24-38-81(76)101-71-33-25-27-65(48-71)95(11,12)67-43-40-60(2)83(51-67)103(79-46-45-63(47-62(79)4)93(5,6)7)73-53-88(92(98)89(101)54-73)100(85)70-31-19-16-20-32-70/h15-58H,1-14H3. The maximum atomic E-state index is 2.69. The van der Waals surface area contributed by atoms with E-state index in [9.17, 15) is 0 Å². The van der Waals surface area contributed by atoms with Gasteiger partial charge in [-0.3, -0.25) is 0 Å². The summed E-state index contributed by atoms with van der Waals surface area (Å²) in [4.78, 5) is 15.7. The molecule has 8 heteroatoms. The van der Waals surface area contributed by atoms with E-state index in [0.29, 0.717) is 0 Å². The number of aryl methyl sites for hydroxylation is 4. The van der Waals surface area contributed by atoms with E-state index in [0.717, 1.165) is 73.9 Å². The van der Waals surface area contributed by atoms with Crippen molar-refractivity contribution in [1.82, 2.24) is 0 Å². The van der Waals surface area contributed by atoms with E-state index in [2.05, 4.69) is 393 Å². The van der Waals surface area contributed by atoms with Crippen LogP contribution in [0.25, 0.3) is 0 Å². The van der Waals surface area contributed by atoms with Crippen LogP contribution >= 0.6 is 0 Å². The maximum Gasteiger partial charge on any atom is 0.252 e. The van der Waals surface area contributed by atoms with Crippen LogP contribution in [0.2, 0.25) is 0 Å². The second-order valence-corrected chi connectivity index (χ2v) is 33.3. The Balaban J connectivity index is 0.956. The summed E-state index contributed by atoms with van der Waals surface area (Å²) in [6, 6.07) is 104. The van der Waals surface area contributed by atoms with Gasteiger partial charge in [-0.1, -0.05) is 221 Å². The molecule has 0 saturated heterocycles. The molecule has 0 radical (unpaired) electrons. The summed E-state index contributed by atoms with van der Waals surface area (Å²) >= 11 is 0. The zero-order valence-corrected chi connectivity index (χ0v) is 62.2. The van der Waals surface area contributed by atoms with E-state index < -0.39 is 5.41 Å². The summed E-state index contributed by atoms with van der Waals surface area (Å²) in [5.74, 6) is 0. The highest BCUT2D eigenvalue weighted by Gasteiger charge is 2.50. The molecule has 0 aliphatic carbocycles. The Hall–Kier alpha value is -11.2. The predicted octanol–water partition coefficient (Wildman–Crippen LogP) is 21.9. The lowest BCUT2D eigenvalue weighted by atomic mass is 9.30. The lowest BCUT2D eigenvalue weighted by molar-refractivity contribution is 0.589. The van der Waals surface area contributed by atoms with Crippen LogP contribution in [0.1, 0.15) is 125 Å². The van der Waals surface area contributed by atoms with Crippen LogP contribution in [-0.2, 0) is 21.7 Å². The molecule has 19 rings (SSSR count). The molecule has 6 nitrogen and oxygen atoms in total. The first-order valence-electron chi connectivity index (χ1n) is 37.3. The van der Waals surface area contributed by atoms with Gasteiger partial charge in [0.2, 0.25) is 0 Å². The van der Waals surface area contributed by atoms with Crippen molar-refractivity contribution in [1.29, 1.82) is 0 Å². The van der Waals surface area contributed by atoms with Gasteiger partial charge >= 0.3 is 0 Å². The minimum atomic E-state index is -0.401. The van der Waals surface area contributed by atoms with Crippen molar-refractivity contribution in [3.63, 3.8) is 0 Å². The van der Waals surface area contributed by atoms with Crippen molar-refractivity contribution >= 4 is 149 Å². The van der Waals surface area contributed by atoms with Crippen LogP contribution in [-0.4, -0.2) is 13.4 Å². The van der Waals surface area contributed by atoms with Gasteiger partial charge in [-0.05, 0) is 242 Å².